The van der Waals surface area contributed by atoms with Gasteiger partial charge in [-0.25, -0.2) is 0 Å². The number of hydrogen-bond donors (Lipinski definition) is 1. The molecule has 5 nitrogen and oxygen atoms in total. The van der Waals surface area contributed by atoms with E-state index in [0.29, 0.717) is 13.2 Å². The number of hydrogen-bond acceptors (Lipinski definition) is 4. The summed E-state index contributed by atoms with van der Waals surface area (Å²) in [7, 11) is 4.06. The summed E-state index contributed by atoms with van der Waals surface area (Å²) in [4.78, 5) is 13.3. The highest BCUT2D eigenvalue weighted by Gasteiger charge is 2.01. The second kappa shape index (κ2) is 8.94. The standard InChI is InChI=1S/C15H21N3O2/c1-18(2)9-4-10-20-14-6-3-5-13(11-14)12-17-15(19)7-8-16/h3,5-6,11H,4,7,9-10,12H2,1-2H3,(H,17,19). The number of carbonyl (C=O) groups excluding carboxylic acids is 1. The van der Waals surface area contributed by atoms with Crippen molar-refractivity contribution in [1.82, 2.24) is 10.2 Å². The van der Waals surface area contributed by atoms with Crippen LogP contribution in [0.2, 0.25) is 0 Å². The molecule has 108 valence electrons. The molecule has 0 aromatic heterocycles. The van der Waals surface area contributed by atoms with Crippen molar-refractivity contribution in [1.29, 1.82) is 5.26 Å². The first kappa shape index (κ1) is 16.0. The Morgan fingerprint density at radius 3 is 2.95 bits per heavy atom. The van der Waals surface area contributed by atoms with Gasteiger partial charge in [-0.15, -0.1) is 0 Å². The van der Waals surface area contributed by atoms with E-state index in [1.54, 1.807) is 0 Å². The quantitative estimate of drug-likeness (QED) is 0.731. The molecule has 0 radical (unpaired) electrons. The fourth-order valence-corrected chi connectivity index (χ4v) is 1.65. The van der Waals surface area contributed by atoms with Crippen LogP contribution in [0.1, 0.15) is 18.4 Å². The molecule has 20 heavy (non-hydrogen) atoms. The van der Waals surface area contributed by atoms with E-state index in [-0.39, 0.29) is 12.3 Å². The van der Waals surface area contributed by atoms with Crippen molar-refractivity contribution in [3.05, 3.63) is 29.8 Å². The van der Waals surface area contributed by atoms with E-state index in [2.05, 4.69) is 10.2 Å². The Hall–Kier alpha value is -2.06. The van der Waals surface area contributed by atoms with E-state index in [4.69, 9.17) is 10.00 Å². The Labute approximate surface area is 120 Å². The van der Waals surface area contributed by atoms with Gasteiger partial charge in [0.1, 0.15) is 12.2 Å². The van der Waals surface area contributed by atoms with Gasteiger partial charge in [-0.05, 0) is 38.2 Å². The topological polar surface area (TPSA) is 65.4 Å². The van der Waals surface area contributed by atoms with Gasteiger partial charge in [0.15, 0.2) is 0 Å². The number of nitrogens with one attached hydrogen (secondary N) is 1. The van der Waals surface area contributed by atoms with Gasteiger partial charge in [-0.2, -0.15) is 5.26 Å². The minimum atomic E-state index is -0.259. The highest BCUT2D eigenvalue weighted by Crippen LogP contribution is 2.13. The minimum absolute atomic E-state index is 0.110. The third-order valence-corrected chi connectivity index (χ3v) is 2.65. The molecule has 0 aliphatic heterocycles. The van der Waals surface area contributed by atoms with Gasteiger partial charge in [-0.1, -0.05) is 12.1 Å². The normalized spacial score (nSPS) is 10.1. The largest absolute Gasteiger partial charge is 0.494 e. The van der Waals surface area contributed by atoms with Gasteiger partial charge >= 0.3 is 0 Å². The number of ether oxygens (including phenoxy) is 1. The summed E-state index contributed by atoms with van der Waals surface area (Å²) in [6.07, 6.45) is 0.858. The van der Waals surface area contributed by atoms with Crippen LogP contribution < -0.4 is 10.1 Å². The van der Waals surface area contributed by atoms with Crippen LogP contribution in [0.5, 0.6) is 5.75 Å². The summed E-state index contributed by atoms with van der Waals surface area (Å²) in [5.74, 6) is 0.542. The summed E-state index contributed by atoms with van der Waals surface area (Å²) in [6.45, 7) is 2.07. The Balaban J connectivity index is 2.37. The van der Waals surface area contributed by atoms with Crippen molar-refractivity contribution in [2.24, 2.45) is 0 Å². The monoisotopic (exact) mass is 275 g/mol. The van der Waals surface area contributed by atoms with Crippen molar-refractivity contribution >= 4 is 5.91 Å². The van der Waals surface area contributed by atoms with Gasteiger partial charge in [0.25, 0.3) is 0 Å². The number of nitriles is 1. The molecule has 1 N–H and O–H groups in total. The summed E-state index contributed by atoms with van der Waals surface area (Å²) in [5.41, 5.74) is 0.960. The number of benzene rings is 1. The van der Waals surface area contributed by atoms with Crippen LogP contribution in [0.4, 0.5) is 0 Å². The molecule has 0 atom stereocenters. The zero-order chi connectivity index (χ0) is 14.8. The van der Waals surface area contributed by atoms with Crippen molar-refractivity contribution in [3.8, 4) is 11.8 Å². The summed E-state index contributed by atoms with van der Waals surface area (Å²) in [5, 5.41) is 11.1. The Morgan fingerprint density at radius 1 is 1.45 bits per heavy atom. The zero-order valence-electron chi connectivity index (χ0n) is 12.1. The van der Waals surface area contributed by atoms with E-state index in [1.165, 1.54) is 0 Å². The fraction of sp³-hybridized carbons (Fsp3) is 0.467. The lowest BCUT2D eigenvalue weighted by molar-refractivity contribution is -0.120. The maximum Gasteiger partial charge on any atom is 0.234 e. The molecule has 0 spiro atoms. The molecule has 0 aliphatic carbocycles. The maximum atomic E-state index is 11.2. The van der Waals surface area contributed by atoms with Crippen molar-refractivity contribution < 1.29 is 9.53 Å². The SMILES string of the molecule is CN(C)CCCOc1cccc(CNC(=O)CC#N)c1. The van der Waals surface area contributed by atoms with Crippen molar-refractivity contribution in [2.75, 3.05) is 27.2 Å². The van der Waals surface area contributed by atoms with Gasteiger partial charge < -0.3 is 15.0 Å². The summed E-state index contributed by atoms with van der Waals surface area (Å²) in [6, 6.07) is 9.43. The molecule has 0 saturated carbocycles. The molecule has 0 bridgehead atoms. The lowest BCUT2D eigenvalue weighted by atomic mass is 10.2. The molecule has 0 heterocycles. The molecule has 0 saturated heterocycles. The smallest absolute Gasteiger partial charge is 0.234 e. The second-order valence-corrected chi connectivity index (χ2v) is 4.76. The van der Waals surface area contributed by atoms with Crippen LogP contribution in [0.3, 0.4) is 0 Å². The molecule has 1 aromatic carbocycles. The predicted molar refractivity (Wildman–Crippen MR) is 77.2 cm³/mol. The van der Waals surface area contributed by atoms with Gasteiger partial charge in [0.05, 0.1) is 12.7 Å². The molecule has 1 amide bonds. The molecular weight excluding hydrogens is 254 g/mol. The second-order valence-electron chi connectivity index (χ2n) is 4.76. The van der Waals surface area contributed by atoms with E-state index in [0.717, 1.165) is 24.3 Å². The lowest BCUT2D eigenvalue weighted by Gasteiger charge is -2.11. The lowest BCUT2D eigenvalue weighted by Crippen LogP contribution is -2.21. The average molecular weight is 275 g/mol. The Bertz CT molecular complexity index is 466. The molecule has 0 aliphatic rings. The van der Waals surface area contributed by atoms with Crippen molar-refractivity contribution in [3.63, 3.8) is 0 Å². The Kier molecular flexibility index (Phi) is 7.15. The van der Waals surface area contributed by atoms with E-state index in [9.17, 15) is 4.79 Å². The Morgan fingerprint density at radius 2 is 2.25 bits per heavy atom. The molecule has 5 heteroatoms. The first-order valence-electron chi connectivity index (χ1n) is 6.62. The predicted octanol–water partition coefficient (Wildman–Crippen LogP) is 1.55. The number of rotatable bonds is 8. The van der Waals surface area contributed by atoms with Crippen LogP contribution in [0.25, 0.3) is 0 Å². The molecule has 1 aromatic rings. The van der Waals surface area contributed by atoms with E-state index in [1.807, 2.05) is 44.4 Å². The zero-order valence-corrected chi connectivity index (χ0v) is 12.1. The van der Waals surface area contributed by atoms with Gasteiger partial charge in [0.2, 0.25) is 5.91 Å². The third kappa shape index (κ3) is 6.76. The van der Waals surface area contributed by atoms with Crippen LogP contribution in [0.15, 0.2) is 24.3 Å². The van der Waals surface area contributed by atoms with Crippen LogP contribution in [-0.4, -0.2) is 38.1 Å². The number of amides is 1. The highest BCUT2D eigenvalue weighted by atomic mass is 16.5. The van der Waals surface area contributed by atoms with E-state index < -0.39 is 0 Å². The average Bonchev–Trinajstić information content (AvgIpc) is 2.42. The van der Waals surface area contributed by atoms with Crippen LogP contribution in [-0.2, 0) is 11.3 Å². The maximum absolute atomic E-state index is 11.2. The highest BCUT2D eigenvalue weighted by molar-refractivity contribution is 5.77. The summed E-state index contributed by atoms with van der Waals surface area (Å²) >= 11 is 0. The third-order valence-electron chi connectivity index (χ3n) is 2.65. The molecule has 1 rings (SSSR count). The van der Waals surface area contributed by atoms with Crippen LogP contribution in [0, 0.1) is 11.3 Å². The van der Waals surface area contributed by atoms with Gasteiger partial charge in [0, 0.05) is 13.1 Å². The molecular formula is C15H21N3O2. The van der Waals surface area contributed by atoms with Crippen molar-refractivity contribution in [2.45, 2.75) is 19.4 Å². The number of carbonyl (C=O) groups is 1. The fourth-order valence-electron chi connectivity index (χ4n) is 1.65. The molecule has 0 fully saturated rings. The first-order chi connectivity index (χ1) is 9.61. The van der Waals surface area contributed by atoms with Crippen LogP contribution >= 0.6 is 0 Å². The summed E-state index contributed by atoms with van der Waals surface area (Å²) < 4.78 is 5.66. The minimum Gasteiger partial charge on any atom is -0.494 e. The van der Waals surface area contributed by atoms with E-state index >= 15 is 0 Å². The first-order valence-corrected chi connectivity index (χ1v) is 6.62. The molecule has 0 unspecified atom stereocenters. The number of nitrogens with zero attached hydrogens (tertiary/aromatic N) is 2. The van der Waals surface area contributed by atoms with Gasteiger partial charge in [-0.3, -0.25) is 4.79 Å².